The molecule has 3 rings (SSSR count). The summed E-state index contributed by atoms with van der Waals surface area (Å²) in [6.45, 7) is 6.75. The highest BCUT2D eigenvalue weighted by atomic mass is 15.1. The predicted octanol–water partition coefficient (Wildman–Crippen LogP) is 3.25. The molecule has 2 saturated carbocycles. The van der Waals surface area contributed by atoms with E-state index in [0.717, 1.165) is 37.3 Å². The highest BCUT2D eigenvalue weighted by molar-refractivity contribution is 5.09. The fraction of sp³-hybridized carbons (Fsp3) is 0.824. The molecule has 2 aliphatic carbocycles. The number of hydrogen-bond acceptors (Lipinski definition) is 2. The number of nitrogens with one attached hydrogen (secondary N) is 1. The molecule has 0 aromatic carbocycles. The second-order valence-electron chi connectivity index (χ2n) is 6.64. The van der Waals surface area contributed by atoms with Crippen LogP contribution in [-0.4, -0.2) is 22.1 Å². The smallest absolute Gasteiger partial charge is 0.110 e. The lowest BCUT2D eigenvalue weighted by molar-refractivity contribution is 0.392. The van der Waals surface area contributed by atoms with Crippen LogP contribution in [0.5, 0.6) is 0 Å². The fourth-order valence-electron chi connectivity index (χ4n) is 4.32. The van der Waals surface area contributed by atoms with Gasteiger partial charge in [0.05, 0.1) is 0 Å². The summed E-state index contributed by atoms with van der Waals surface area (Å²) in [6.07, 6.45) is 12.1. The van der Waals surface area contributed by atoms with Crippen LogP contribution >= 0.6 is 0 Å². The Balaban J connectivity index is 1.65. The van der Waals surface area contributed by atoms with E-state index in [1.807, 2.05) is 6.20 Å². The maximum absolute atomic E-state index is 4.61. The Kier molecular flexibility index (Phi) is 4.45. The lowest BCUT2D eigenvalue weighted by Crippen LogP contribution is -2.36. The molecule has 0 spiro atoms. The second-order valence-corrected chi connectivity index (χ2v) is 6.64. The van der Waals surface area contributed by atoms with Gasteiger partial charge in [-0.3, -0.25) is 0 Å². The van der Waals surface area contributed by atoms with Gasteiger partial charge in [0.15, 0.2) is 0 Å². The zero-order chi connectivity index (χ0) is 13.9. The molecule has 0 saturated heterocycles. The summed E-state index contributed by atoms with van der Waals surface area (Å²) < 4.78 is 2.35. The number of fused-ring (bicyclic) bond motifs is 1. The van der Waals surface area contributed by atoms with Gasteiger partial charge in [-0.05, 0) is 50.0 Å². The van der Waals surface area contributed by atoms with Crippen LogP contribution in [0, 0.1) is 17.8 Å². The molecule has 0 bridgehead atoms. The van der Waals surface area contributed by atoms with E-state index in [9.17, 15) is 0 Å². The van der Waals surface area contributed by atoms with Crippen LogP contribution in [0.2, 0.25) is 0 Å². The molecule has 3 nitrogen and oxygen atoms in total. The third kappa shape index (κ3) is 2.78. The largest absolute Gasteiger partial charge is 0.335 e. The van der Waals surface area contributed by atoms with E-state index in [1.165, 1.54) is 37.9 Å². The number of aromatic nitrogens is 2. The standard InChI is InChI=1S/C17H29N3/c1-3-8-18-15(17-13-6-5-7-14(13)17)12-16-19-9-11-20(16)10-4-2/h9,11,13-15,17-18H,3-8,10,12H2,1-2H3. The third-order valence-corrected chi connectivity index (χ3v) is 5.26. The van der Waals surface area contributed by atoms with E-state index in [-0.39, 0.29) is 0 Å². The number of hydrogen-bond donors (Lipinski definition) is 1. The molecule has 3 atom stereocenters. The molecular formula is C17H29N3. The van der Waals surface area contributed by atoms with Crippen LogP contribution in [0.3, 0.4) is 0 Å². The first kappa shape index (κ1) is 14.1. The highest BCUT2D eigenvalue weighted by Crippen LogP contribution is 2.59. The summed E-state index contributed by atoms with van der Waals surface area (Å²) in [5, 5.41) is 3.81. The Labute approximate surface area is 123 Å². The molecule has 2 aliphatic rings. The number of rotatable bonds is 8. The van der Waals surface area contributed by atoms with Crippen LogP contribution in [0.4, 0.5) is 0 Å². The van der Waals surface area contributed by atoms with Crippen molar-refractivity contribution in [3.05, 3.63) is 18.2 Å². The Hall–Kier alpha value is -0.830. The average molecular weight is 275 g/mol. The Morgan fingerprint density at radius 3 is 2.80 bits per heavy atom. The van der Waals surface area contributed by atoms with Crippen LogP contribution in [0.25, 0.3) is 0 Å². The highest BCUT2D eigenvalue weighted by Gasteiger charge is 2.55. The van der Waals surface area contributed by atoms with Crippen molar-refractivity contribution in [3.8, 4) is 0 Å². The molecule has 112 valence electrons. The summed E-state index contributed by atoms with van der Waals surface area (Å²) in [4.78, 5) is 4.61. The van der Waals surface area contributed by atoms with Crippen LogP contribution < -0.4 is 5.32 Å². The molecule has 2 fully saturated rings. The topological polar surface area (TPSA) is 29.9 Å². The lowest BCUT2D eigenvalue weighted by Gasteiger charge is -2.21. The molecule has 0 aliphatic heterocycles. The third-order valence-electron chi connectivity index (χ3n) is 5.26. The van der Waals surface area contributed by atoms with Gasteiger partial charge in [0.25, 0.3) is 0 Å². The molecule has 1 aromatic heterocycles. The van der Waals surface area contributed by atoms with Gasteiger partial charge in [-0.2, -0.15) is 0 Å². The second kappa shape index (κ2) is 6.30. The first-order chi connectivity index (χ1) is 9.85. The summed E-state index contributed by atoms with van der Waals surface area (Å²) >= 11 is 0. The monoisotopic (exact) mass is 275 g/mol. The molecule has 1 N–H and O–H groups in total. The molecule has 1 aromatic rings. The Morgan fingerprint density at radius 2 is 2.10 bits per heavy atom. The van der Waals surface area contributed by atoms with E-state index < -0.39 is 0 Å². The van der Waals surface area contributed by atoms with Crippen molar-refractivity contribution in [1.29, 1.82) is 0 Å². The van der Waals surface area contributed by atoms with Gasteiger partial charge in [0.1, 0.15) is 5.82 Å². The average Bonchev–Trinajstić information content (AvgIpc) is 2.83. The van der Waals surface area contributed by atoms with Crippen molar-refractivity contribution < 1.29 is 0 Å². The number of aryl methyl sites for hydroxylation is 1. The molecule has 20 heavy (non-hydrogen) atoms. The molecule has 0 radical (unpaired) electrons. The minimum absolute atomic E-state index is 0.656. The van der Waals surface area contributed by atoms with Crippen molar-refractivity contribution in [2.45, 2.75) is 65.0 Å². The molecule has 0 amide bonds. The zero-order valence-corrected chi connectivity index (χ0v) is 13.0. The van der Waals surface area contributed by atoms with E-state index in [1.54, 1.807) is 0 Å². The summed E-state index contributed by atoms with van der Waals surface area (Å²) in [5.74, 6) is 4.27. The van der Waals surface area contributed by atoms with Gasteiger partial charge >= 0.3 is 0 Å². The Morgan fingerprint density at radius 1 is 1.30 bits per heavy atom. The van der Waals surface area contributed by atoms with Gasteiger partial charge < -0.3 is 9.88 Å². The fourth-order valence-corrected chi connectivity index (χ4v) is 4.32. The molecular weight excluding hydrogens is 246 g/mol. The van der Waals surface area contributed by atoms with Crippen molar-refractivity contribution >= 4 is 0 Å². The van der Waals surface area contributed by atoms with E-state index in [4.69, 9.17) is 0 Å². The van der Waals surface area contributed by atoms with Crippen molar-refractivity contribution in [2.24, 2.45) is 17.8 Å². The first-order valence-corrected chi connectivity index (χ1v) is 8.58. The number of nitrogens with zero attached hydrogens (tertiary/aromatic N) is 2. The van der Waals surface area contributed by atoms with Gasteiger partial charge in [-0.1, -0.05) is 20.3 Å². The first-order valence-electron chi connectivity index (χ1n) is 8.58. The molecule has 1 heterocycles. The summed E-state index contributed by atoms with van der Waals surface area (Å²) in [6, 6.07) is 0.656. The normalized spacial score (nSPS) is 29.4. The van der Waals surface area contributed by atoms with Crippen LogP contribution in [0.15, 0.2) is 12.4 Å². The van der Waals surface area contributed by atoms with Crippen molar-refractivity contribution in [2.75, 3.05) is 6.54 Å². The molecule has 3 heteroatoms. The van der Waals surface area contributed by atoms with Crippen LogP contribution in [0.1, 0.15) is 51.8 Å². The minimum atomic E-state index is 0.656. The molecule has 3 unspecified atom stereocenters. The summed E-state index contributed by atoms with van der Waals surface area (Å²) in [5.41, 5.74) is 0. The number of imidazole rings is 1. The van der Waals surface area contributed by atoms with Crippen molar-refractivity contribution in [1.82, 2.24) is 14.9 Å². The zero-order valence-electron chi connectivity index (χ0n) is 13.0. The van der Waals surface area contributed by atoms with Crippen molar-refractivity contribution in [3.63, 3.8) is 0 Å². The maximum atomic E-state index is 4.61. The van der Waals surface area contributed by atoms with Gasteiger partial charge in [-0.25, -0.2) is 4.98 Å². The van der Waals surface area contributed by atoms with E-state index >= 15 is 0 Å². The van der Waals surface area contributed by atoms with Gasteiger partial charge in [0, 0.05) is 31.4 Å². The van der Waals surface area contributed by atoms with E-state index in [2.05, 4.69) is 34.9 Å². The predicted molar refractivity (Wildman–Crippen MR) is 82.6 cm³/mol. The summed E-state index contributed by atoms with van der Waals surface area (Å²) in [7, 11) is 0. The van der Waals surface area contributed by atoms with E-state index in [0.29, 0.717) is 6.04 Å². The lowest BCUT2D eigenvalue weighted by atomic mass is 10.0. The Bertz CT molecular complexity index is 416. The van der Waals surface area contributed by atoms with Crippen LogP contribution in [-0.2, 0) is 13.0 Å². The maximum Gasteiger partial charge on any atom is 0.110 e. The quantitative estimate of drug-likeness (QED) is 0.789. The minimum Gasteiger partial charge on any atom is -0.335 e. The SMILES string of the molecule is CCCNC(Cc1nccn1CCC)C1C2CCCC21. The van der Waals surface area contributed by atoms with Gasteiger partial charge in [-0.15, -0.1) is 0 Å². The van der Waals surface area contributed by atoms with Gasteiger partial charge in [0.2, 0.25) is 0 Å².